The zero-order valence-electron chi connectivity index (χ0n) is 15.4. The molecule has 0 spiro atoms. The molecule has 2 aromatic carbocycles. The second-order valence-corrected chi connectivity index (χ2v) is 7.56. The number of para-hydroxylation sites is 1. The van der Waals surface area contributed by atoms with E-state index < -0.39 is 5.97 Å². The molecular formula is C22H19ClN2O2. The van der Waals surface area contributed by atoms with Gasteiger partial charge in [-0.2, -0.15) is 0 Å². The van der Waals surface area contributed by atoms with E-state index >= 15 is 0 Å². The van der Waals surface area contributed by atoms with Gasteiger partial charge in [0.25, 0.3) is 0 Å². The van der Waals surface area contributed by atoms with E-state index in [9.17, 15) is 4.79 Å². The van der Waals surface area contributed by atoms with Crippen molar-refractivity contribution in [2.45, 2.75) is 19.3 Å². The number of anilines is 1. The van der Waals surface area contributed by atoms with Crippen LogP contribution in [0.1, 0.15) is 25.0 Å². The Hall–Kier alpha value is -2.85. The minimum Gasteiger partial charge on any atom is -0.402 e. The third-order valence-electron chi connectivity index (χ3n) is 5.03. The van der Waals surface area contributed by atoms with Crippen LogP contribution in [0.4, 0.5) is 5.69 Å². The third kappa shape index (κ3) is 2.96. The molecule has 4 nitrogen and oxygen atoms in total. The van der Waals surface area contributed by atoms with Crippen molar-refractivity contribution in [1.29, 1.82) is 0 Å². The number of halogens is 1. The number of esters is 1. The number of aliphatic imine (C=N–C) groups is 1. The summed E-state index contributed by atoms with van der Waals surface area (Å²) < 4.78 is 5.31. The van der Waals surface area contributed by atoms with E-state index in [1.807, 2.05) is 31.3 Å². The van der Waals surface area contributed by atoms with Gasteiger partial charge in [0.2, 0.25) is 5.90 Å². The normalized spacial score (nSPS) is 20.8. The Labute approximate surface area is 163 Å². The maximum atomic E-state index is 12.2. The molecule has 0 radical (unpaired) electrons. The maximum Gasteiger partial charge on any atom is 0.363 e. The summed E-state index contributed by atoms with van der Waals surface area (Å²) in [5, 5.41) is 0.567. The van der Waals surface area contributed by atoms with Gasteiger partial charge in [-0.3, -0.25) is 0 Å². The van der Waals surface area contributed by atoms with Gasteiger partial charge in [-0.1, -0.05) is 49.7 Å². The topological polar surface area (TPSA) is 41.9 Å². The Morgan fingerprint density at radius 2 is 1.89 bits per heavy atom. The van der Waals surface area contributed by atoms with E-state index in [-0.39, 0.29) is 17.0 Å². The fourth-order valence-electron chi connectivity index (χ4n) is 3.63. The van der Waals surface area contributed by atoms with Crippen molar-refractivity contribution < 1.29 is 9.53 Å². The van der Waals surface area contributed by atoms with Crippen LogP contribution < -0.4 is 4.90 Å². The van der Waals surface area contributed by atoms with E-state index in [1.54, 1.807) is 24.3 Å². The highest BCUT2D eigenvalue weighted by Crippen LogP contribution is 2.46. The zero-order chi connectivity index (χ0) is 19.2. The van der Waals surface area contributed by atoms with Gasteiger partial charge in [-0.15, -0.1) is 0 Å². The molecule has 0 aromatic heterocycles. The lowest BCUT2D eigenvalue weighted by Crippen LogP contribution is -2.22. The summed E-state index contributed by atoms with van der Waals surface area (Å²) in [6.45, 7) is 4.35. The van der Waals surface area contributed by atoms with Crippen molar-refractivity contribution in [3.8, 4) is 0 Å². The van der Waals surface area contributed by atoms with Gasteiger partial charge in [0.1, 0.15) is 0 Å². The van der Waals surface area contributed by atoms with E-state index in [1.165, 1.54) is 11.3 Å². The minimum atomic E-state index is -0.460. The smallest absolute Gasteiger partial charge is 0.363 e. The van der Waals surface area contributed by atoms with Crippen molar-refractivity contribution in [2.24, 2.45) is 4.99 Å². The van der Waals surface area contributed by atoms with Gasteiger partial charge >= 0.3 is 5.97 Å². The number of nitrogens with zero attached hydrogens (tertiary/aromatic N) is 2. The molecule has 136 valence electrons. The van der Waals surface area contributed by atoms with Crippen LogP contribution in [0.2, 0.25) is 5.02 Å². The Bertz CT molecular complexity index is 1030. The molecule has 0 N–H and O–H groups in total. The Morgan fingerprint density at radius 3 is 2.63 bits per heavy atom. The maximum absolute atomic E-state index is 12.2. The molecule has 2 aliphatic rings. The van der Waals surface area contributed by atoms with Crippen molar-refractivity contribution in [2.75, 3.05) is 11.9 Å². The predicted molar refractivity (Wildman–Crippen MR) is 108 cm³/mol. The molecule has 27 heavy (non-hydrogen) atoms. The summed E-state index contributed by atoms with van der Waals surface area (Å²) in [5.41, 5.74) is 4.31. The number of benzene rings is 2. The lowest BCUT2D eigenvalue weighted by Gasteiger charge is -2.23. The van der Waals surface area contributed by atoms with Gasteiger partial charge in [0.05, 0.1) is 0 Å². The number of allylic oxidation sites excluding steroid dienone is 3. The number of cyclic esters (lactones) is 1. The molecule has 0 aliphatic carbocycles. The molecule has 5 heteroatoms. The number of ether oxygens (including phenoxy) is 1. The fourth-order valence-corrected chi connectivity index (χ4v) is 3.82. The lowest BCUT2D eigenvalue weighted by molar-refractivity contribution is -0.130. The number of hydrogen-bond acceptors (Lipinski definition) is 4. The highest BCUT2D eigenvalue weighted by molar-refractivity contribution is 6.31. The number of carbonyl (C=O) groups excluding carboxylic acids is 1. The molecular weight excluding hydrogens is 360 g/mol. The molecule has 0 atom stereocenters. The number of carbonyl (C=O) groups is 1. The van der Waals surface area contributed by atoms with Gasteiger partial charge in [-0.25, -0.2) is 9.79 Å². The molecule has 0 fully saturated rings. The van der Waals surface area contributed by atoms with Crippen molar-refractivity contribution in [3.05, 3.63) is 88.2 Å². The SMILES string of the molecule is CN1C(=CC=C2N=C(c3cccc(Cl)c3)OC2=O)C(C)(C)c2ccccc21. The Balaban J connectivity index is 1.69. The van der Waals surface area contributed by atoms with Crippen LogP contribution in [-0.4, -0.2) is 18.9 Å². The summed E-state index contributed by atoms with van der Waals surface area (Å²) in [4.78, 5) is 18.7. The molecule has 0 saturated carbocycles. The average molecular weight is 379 g/mol. The lowest BCUT2D eigenvalue weighted by atomic mass is 9.84. The number of hydrogen-bond donors (Lipinski definition) is 0. The van der Waals surface area contributed by atoms with Crippen LogP contribution in [0.3, 0.4) is 0 Å². The summed E-state index contributed by atoms with van der Waals surface area (Å²) in [5.74, 6) is -0.188. The van der Waals surface area contributed by atoms with E-state index in [0.29, 0.717) is 10.6 Å². The molecule has 0 bridgehead atoms. The monoisotopic (exact) mass is 378 g/mol. The minimum absolute atomic E-state index is 0.162. The van der Waals surface area contributed by atoms with Crippen LogP contribution >= 0.6 is 11.6 Å². The molecule has 0 amide bonds. The Morgan fingerprint density at radius 1 is 1.11 bits per heavy atom. The summed E-state index contributed by atoms with van der Waals surface area (Å²) in [6.07, 6.45) is 3.67. The Kier molecular flexibility index (Phi) is 4.16. The number of rotatable bonds is 2. The van der Waals surface area contributed by atoms with Gasteiger partial charge in [0.15, 0.2) is 5.70 Å². The number of fused-ring (bicyclic) bond motifs is 1. The molecule has 2 aliphatic heterocycles. The first-order valence-corrected chi connectivity index (χ1v) is 9.08. The van der Waals surface area contributed by atoms with Crippen LogP contribution in [0.5, 0.6) is 0 Å². The van der Waals surface area contributed by atoms with E-state index in [0.717, 1.165) is 5.70 Å². The van der Waals surface area contributed by atoms with Gasteiger partial charge in [0, 0.05) is 34.4 Å². The molecule has 2 aromatic rings. The van der Waals surface area contributed by atoms with Gasteiger partial charge in [-0.05, 0) is 42.0 Å². The van der Waals surface area contributed by atoms with Crippen LogP contribution in [0.25, 0.3) is 0 Å². The van der Waals surface area contributed by atoms with E-state index in [2.05, 4.69) is 35.9 Å². The van der Waals surface area contributed by atoms with Crippen LogP contribution in [0, 0.1) is 0 Å². The van der Waals surface area contributed by atoms with Crippen molar-refractivity contribution in [1.82, 2.24) is 0 Å². The molecule has 2 heterocycles. The quantitative estimate of drug-likeness (QED) is 0.554. The summed E-state index contributed by atoms with van der Waals surface area (Å²) in [6, 6.07) is 15.4. The second kappa shape index (κ2) is 6.39. The van der Waals surface area contributed by atoms with Gasteiger partial charge < -0.3 is 9.64 Å². The van der Waals surface area contributed by atoms with Crippen LogP contribution in [-0.2, 0) is 14.9 Å². The zero-order valence-corrected chi connectivity index (χ0v) is 16.1. The second-order valence-electron chi connectivity index (χ2n) is 7.12. The third-order valence-corrected chi connectivity index (χ3v) is 5.27. The molecule has 0 saturated heterocycles. The first kappa shape index (κ1) is 17.6. The first-order valence-electron chi connectivity index (χ1n) is 8.70. The predicted octanol–water partition coefficient (Wildman–Crippen LogP) is 4.84. The fraction of sp³-hybridized carbons (Fsp3) is 0.182. The first-order chi connectivity index (χ1) is 12.9. The highest BCUT2D eigenvalue weighted by Gasteiger charge is 2.38. The van der Waals surface area contributed by atoms with E-state index in [4.69, 9.17) is 16.3 Å². The molecule has 0 unspecified atom stereocenters. The largest absolute Gasteiger partial charge is 0.402 e. The highest BCUT2D eigenvalue weighted by atomic mass is 35.5. The summed E-state index contributed by atoms with van der Waals surface area (Å²) in [7, 11) is 2.03. The standard InChI is InChI=1S/C22H19ClN2O2/c1-22(2)16-9-4-5-10-18(16)25(3)19(22)12-11-17-21(26)27-20(24-17)14-7-6-8-15(23)13-14/h4-13H,1-3H3. The van der Waals surface area contributed by atoms with Crippen molar-refractivity contribution >= 4 is 29.2 Å². The number of likely N-dealkylation sites (N-methyl/N-ethyl adjacent to an activating group) is 1. The summed E-state index contributed by atoms with van der Waals surface area (Å²) >= 11 is 6.01. The molecule has 4 rings (SSSR count). The average Bonchev–Trinajstić information content (AvgIpc) is 3.10. The van der Waals surface area contributed by atoms with Crippen LogP contribution in [0.15, 0.2) is 77.1 Å². The van der Waals surface area contributed by atoms with Crippen molar-refractivity contribution in [3.63, 3.8) is 0 Å².